The molecule has 1 saturated carbocycles. The third-order valence-electron chi connectivity index (χ3n) is 3.60. The molecule has 0 amide bonds. The fourth-order valence-electron chi connectivity index (χ4n) is 2.26. The van der Waals surface area contributed by atoms with Crippen LogP contribution in [0.1, 0.15) is 24.8 Å². The van der Waals surface area contributed by atoms with Crippen LogP contribution >= 0.6 is 11.6 Å². The minimum absolute atomic E-state index is 0.103. The number of hydrogen-bond acceptors (Lipinski definition) is 3. The molecule has 0 unspecified atom stereocenters. The van der Waals surface area contributed by atoms with Gasteiger partial charge in [-0.1, -0.05) is 6.42 Å². The zero-order valence-electron chi connectivity index (χ0n) is 10.4. The fraction of sp³-hybridized carbons (Fsp3) is 0.538. The topological polar surface area (TPSA) is 46.4 Å². The largest absolute Gasteiger partial charge is 0.374 e. The highest BCUT2D eigenvalue weighted by molar-refractivity contribution is 6.17. The van der Waals surface area contributed by atoms with Gasteiger partial charge in [0.25, 0.3) is 5.69 Å². The van der Waals surface area contributed by atoms with Crippen molar-refractivity contribution in [2.75, 3.05) is 18.5 Å². The van der Waals surface area contributed by atoms with E-state index in [0.717, 1.165) is 18.2 Å². The minimum Gasteiger partial charge on any atom is -0.374 e. The SMILES string of the molecule is CN(CC1CCC1)c1ccc([N+](=O)[O-])c(CCl)c1. The molecule has 1 aromatic rings. The highest BCUT2D eigenvalue weighted by Gasteiger charge is 2.20. The number of nitrogens with zero attached hydrogens (tertiary/aromatic N) is 2. The number of benzene rings is 1. The van der Waals surface area contributed by atoms with Gasteiger partial charge in [0.1, 0.15) is 0 Å². The summed E-state index contributed by atoms with van der Waals surface area (Å²) in [5.41, 5.74) is 1.69. The van der Waals surface area contributed by atoms with Gasteiger partial charge in [-0.15, -0.1) is 11.6 Å². The predicted octanol–water partition coefficient (Wildman–Crippen LogP) is 3.57. The Hall–Kier alpha value is -1.29. The summed E-state index contributed by atoms with van der Waals surface area (Å²) >= 11 is 5.77. The van der Waals surface area contributed by atoms with E-state index in [9.17, 15) is 10.1 Å². The van der Waals surface area contributed by atoms with E-state index in [1.807, 2.05) is 13.1 Å². The first kappa shape index (κ1) is 13.1. The molecule has 1 aromatic carbocycles. The zero-order chi connectivity index (χ0) is 13.1. The van der Waals surface area contributed by atoms with Crippen LogP contribution in [0.4, 0.5) is 11.4 Å². The zero-order valence-corrected chi connectivity index (χ0v) is 11.2. The molecule has 0 spiro atoms. The van der Waals surface area contributed by atoms with Gasteiger partial charge in [0.05, 0.1) is 10.8 Å². The normalized spacial score (nSPS) is 15.2. The number of halogens is 1. The van der Waals surface area contributed by atoms with E-state index < -0.39 is 0 Å². The van der Waals surface area contributed by atoms with Crippen molar-refractivity contribution in [3.05, 3.63) is 33.9 Å². The summed E-state index contributed by atoms with van der Waals surface area (Å²) in [5.74, 6) is 0.936. The second-order valence-corrected chi connectivity index (χ2v) is 5.15. The molecule has 0 aromatic heterocycles. The maximum absolute atomic E-state index is 10.8. The lowest BCUT2D eigenvalue weighted by Gasteiger charge is -2.31. The summed E-state index contributed by atoms with van der Waals surface area (Å²) in [6.07, 6.45) is 3.91. The Labute approximate surface area is 112 Å². The summed E-state index contributed by atoms with van der Waals surface area (Å²) < 4.78 is 0. The van der Waals surface area contributed by atoms with Crippen molar-refractivity contribution >= 4 is 23.0 Å². The highest BCUT2D eigenvalue weighted by Crippen LogP contribution is 2.30. The molecular weight excluding hydrogens is 252 g/mol. The van der Waals surface area contributed by atoms with Crippen molar-refractivity contribution in [1.82, 2.24) is 0 Å². The van der Waals surface area contributed by atoms with Crippen LogP contribution in [0.2, 0.25) is 0 Å². The molecular formula is C13H17ClN2O2. The molecule has 18 heavy (non-hydrogen) atoms. The van der Waals surface area contributed by atoms with Gasteiger partial charge < -0.3 is 4.90 Å². The molecule has 1 aliphatic rings. The van der Waals surface area contributed by atoms with Gasteiger partial charge in [0, 0.05) is 30.9 Å². The average molecular weight is 269 g/mol. The maximum Gasteiger partial charge on any atom is 0.273 e. The highest BCUT2D eigenvalue weighted by atomic mass is 35.5. The number of nitro benzene ring substituents is 1. The van der Waals surface area contributed by atoms with Gasteiger partial charge in [0.2, 0.25) is 0 Å². The first-order chi connectivity index (χ1) is 8.61. The van der Waals surface area contributed by atoms with E-state index in [0.29, 0.717) is 5.56 Å². The molecule has 0 saturated heterocycles. The van der Waals surface area contributed by atoms with Crippen molar-refractivity contribution in [3.8, 4) is 0 Å². The summed E-state index contributed by atoms with van der Waals surface area (Å²) in [7, 11) is 2.03. The predicted molar refractivity (Wildman–Crippen MR) is 73.3 cm³/mol. The summed E-state index contributed by atoms with van der Waals surface area (Å²) in [6.45, 7) is 1.01. The molecule has 0 N–H and O–H groups in total. The second kappa shape index (κ2) is 5.57. The Kier molecular flexibility index (Phi) is 4.07. The number of hydrogen-bond donors (Lipinski definition) is 0. The van der Waals surface area contributed by atoms with E-state index in [-0.39, 0.29) is 16.5 Å². The average Bonchev–Trinajstić information content (AvgIpc) is 2.32. The van der Waals surface area contributed by atoms with Crippen LogP contribution < -0.4 is 4.90 Å². The van der Waals surface area contributed by atoms with Crippen LogP contribution in [0, 0.1) is 16.0 Å². The second-order valence-electron chi connectivity index (χ2n) is 4.88. The molecule has 5 heteroatoms. The maximum atomic E-state index is 10.8. The molecule has 2 rings (SSSR count). The molecule has 0 atom stereocenters. The van der Waals surface area contributed by atoms with Crippen molar-refractivity contribution in [1.29, 1.82) is 0 Å². The van der Waals surface area contributed by atoms with Gasteiger partial charge >= 0.3 is 0 Å². The monoisotopic (exact) mass is 268 g/mol. The van der Waals surface area contributed by atoms with Gasteiger partial charge in [-0.2, -0.15) is 0 Å². The third-order valence-corrected chi connectivity index (χ3v) is 3.89. The van der Waals surface area contributed by atoms with Crippen LogP contribution in [-0.2, 0) is 5.88 Å². The third kappa shape index (κ3) is 2.75. The summed E-state index contributed by atoms with van der Waals surface area (Å²) in [4.78, 5) is 12.6. The van der Waals surface area contributed by atoms with E-state index in [1.165, 1.54) is 19.3 Å². The van der Waals surface area contributed by atoms with E-state index in [2.05, 4.69) is 4.90 Å². The van der Waals surface area contributed by atoms with Crippen LogP contribution in [0.3, 0.4) is 0 Å². The quantitative estimate of drug-likeness (QED) is 0.466. The van der Waals surface area contributed by atoms with Crippen molar-refractivity contribution < 1.29 is 4.92 Å². The van der Waals surface area contributed by atoms with Crippen LogP contribution in [0.25, 0.3) is 0 Å². The molecule has 1 aliphatic carbocycles. The first-order valence-electron chi connectivity index (χ1n) is 6.16. The summed E-state index contributed by atoms with van der Waals surface area (Å²) in [6, 6.07) is 5.17. The Morgan fingerprint density at radius 3 is 2.72 bits per heavy atom. The lowest BCUT2D eigenvalue weighted by atomic mass is 9.85. The Morgan fingerprint density at radius 2 is 2.22 bits per heavy atom. The molecule has 0 bridgehead atoms. The van der Waals surface area contributed by atoms with Crippen LogP contribution in [0.5, 0.6) is 0 Å². The molecule has 0 radical (unpaired) electrons. The lowest BCUT2D eigenvalue weighted by molar-refractivity contribution is -0.385. The molecule has 98 valence electrons. The number of rotatable bonds is 5. The molecule has 0 heterocycles. The fourth-order valence-corrected chi connectivity index (χ4v) is 2.48. The Balaban J connectivity index is 2.15. The van der Waals surface area contributed by atoms with Gasteiger partial charge in [0.15, 0.2) is 0 Å². The Morgan fingerprint density at radius 1 is 1.50 bits per heavy atom. The van der Waals surface area contributed by atoms with E-state index in [4.69, 9.17) is 11.6 Å². The van der Waals surface area contributed by atoms with Gasteiger partial charge in [-0.05, 0) is 30.9 Å². The van der Waals surface area contributed by atoms with E-state index >= 15 is 0 Å². The van der Waals surface area contributed by atoms with Crippen molar-refractivity contribution in [2.45, 2.75) is 25.1 Å². The standard InChI is InChI=1S/C13H17ClN2O2/c1-15(9-10-3-2-4-10)12-5-6-13(16(17)18)11(7-12)8-14/h5-7,10H,2-4,8-9H2,1H3. The molecule has 4 nitrogen and oxygen atoms in total. The van der Waals surface area contributed by atoms with Crippen LogP contribution in [0.15, 0.2) is 18.2 Å². The van der Waals surface area contributed by atoms with Gasteiger partial charge in [-0.25, -0.2) is 0 Å². The first-order valence-corrected chi connectivity index (χ1v) is 6.69. The van der Waals surface area contributed by atoms with Crippen molar-refractivity contribution in [3.63, 3.8) is 0 Å². The van der Waals surface area contributed by atoms with E-state index in [1.54, 1.807) is 12.1 Å². The summed E-state index contributed by atoms with van der Waals surface area (Å²) in [5, 5.41) is 10.8. The van der Waals surface area contributed by atoms with Gasteiger partial charge in [-0.3, -0.25) is 10.1 Å². The number of alkyl halides is 1. The van der Waals surface area contributed by atoms with Crippen LogP contribution in [-0.4, -0.2) is 18.5 Å². The number of nitro groups is 1. The molecule has 0 aliphatic heterocycles. The molecule has 1 fully saturated rings. The minimum atomic E-state index is -0.382. The smallest absolute Gasteiger partial charge is 0.273 e. The van der Waals surface area contributed by atoms with Crippen molar-refractivity contribution in [2.24, 2.45) is 5.92 Å². The Bertz CT molecular complexity index is 447. The lowest BCUT2D eigenvalue weighted by Crippen LogP contribution is -2.29. The number of anilines is 1.